The zero-order valence-corrected chi connectivity index (χ0v) is 16.8. The number of fused-ring (bicyclic) bond motifs is 1. The van der Waals surface area contributed by atoms with Crippen molar-refractivity contribution in [2.45, 2.75) is 31.8 Å². The van der Waals surface area contributed by atoms with Gasteiger partial charge in [0.2, 0.25) is 0 Å². The van der Waals surface area contributed by atoms with Gasteiger partial charge in [0.1, 0.15) is 0 Å². The molecule has 3 aliphatic rings. The first-order chi connectivity index (χ1) is 13.2. The van der Waals surface area contributed by atoms with Gasteiger partial charge >= 0.3 is 0 Å². The number of nitrogens with one attached hydrogen (secondary N) is 1. The molecule has 1 atom stereocenters. The van der Waals surface area contributed by atoms with Crippen LogP contribution < -0.4 is 10.2 Å². The van der Waals surface area contributed by atoms with Gasteiger partial charge in [0.15, 0.2) is 5.96 Å². The smallest absolute Gasteiger partial charge is 0.193 e. The van der Waals surface area contributed by atoms with Crippen molar-refractivity contribution in [2.24, 2.45) is 4.99 Å². The Bertz CT molecular complexity index is 671. The van der Waals surface area contributed by atoms with Gasteiger partial charge in [-0.05, 0) is 36.5 Å². The summed E-state index contributed by atoms with van der Waals surface area (Å²) in [5.74, 6) is 1.03. The Balaban J connectivity index is 1.33. The quantitative estimate of drug-likeness (QED) is 0.645. The first-order valence-corrected chi connectivity index (χ1v) is 10.3. The third-order valence-electron chi connectivity index (χ3n) is 6.18. The lowest BCUT2D eigenvalue weighted by Gasteiger charge is -2.32. The summed E-state index contributed by atoms with van der Waals surface area (Å²) in [6.45, 7) is 8.01. The Morgan fingerprint density at radius 1 is 1.22 bits per heavy atom. The standard InChI is InChI=1S/C21H33N5O/c1-22-21(26-9-7-19(16-26)25-10-12-27-13-11-25)23-15-17-5-6-20-18(14-17)4-3-8-24(20)2/h5-6,14,19H,3-4,7-13,15-16H2,1-2H3,(H,22,23). The largest absolute Gasteiger partial charge is 0.379 e. The van der Waals surface area contributed by atoms with E-state index in [1.807, 2.05) is 7.05 Å². The predicted octanol–water partition coefficient (Wildman–Crippen LogP) is 1.55. The summed E-state index contributed by atoms with van der Waals surface area (Å²) in [5, 5.41) is 3.59. The number of ether oxygens (including phenoxy) is 1. The summed E-state index contributed by atoms with van der Waals surface area (Å²) in [5.41, 5.74) is 4.21. The molecule has 0 spiro atoms. The second-order valence-electron chi connectivity index (χ2n) is 7.93. The molecule has 0 saturated carbocycles. The molecule has 3 aliphatic heterocycles. The van der Waals surface area contributed by atoms with Crippen LogP contribution in [0.3, 0.4) is 0 Å². The highest BCUT2D eigenvalue weighted by molar-refractivity contribution is 5.80. The van der Waals surface area contributed by atoms with Crippen LogP contribution in [0.4, 0.5) is 5.69 Å². The zero-order valence-electron chi connectivity index (χ0n) is 16.8. The fraction of sp³-hybridized carbons (Fsp3) is 0.667. The Hall–Kier alpha value is -1.79. The molecule has 0 amide bonds. The van der Waals surface area contributed by atoms with Crippen LogP contribution in [0.5, 0.6) is 0 Å². The number of guanidine groups is 1. The van der Waals surface area contributed by atoms with Crippen LogP contribution >= 0.6 is 0 Å². The minimum Gasteiger partial charge on any atom is -0.379 e. The Kier molecular flexibility index (Phi) is 5.83. The van der Waals surface area contributed by atoms with Gasteiger partial charge in [-0.25, -0.2) is 0 Å². The normalized spacial score (nSPS) is 24.2. The van der Waals surface area contributed by atoms with Crippen molar-refractivity contribution in [1.82, 2.24) is 15.1 Å². The van der Waals surface area contributed by atoms with Crippen LogP contribution in [-0.2, 0) is 17.7 Å². The molecular formula is C21H33N5O. The molecule has 6 nitrogen and oxygen atoms in total. The second-order valence-corrected chi connectivity index (χ2v) is 7.93. The second kappa shape index (κ2) is 8.48. The molecule has 6 heteroatoms. The summed E-state index contributed by atoms with van der Waals surface area (Å²) < 4.78 is 5.49. The lowest BCUT2D eigenvalue weighted by atomic mass is 9.99. The van der Waals surface area contributed by atoms with E-state index >= 15 is 0 Å². The van der Waals surface area contributed by atoms with Crippen LogP contribution in [0.25, 0.3) is 0 Å². The summed E-state index contributed by atoms with van der Waals surface area (Å²) >= 11 is 0. The molecule has 0 aliphatic carbocycles. The van der Waals surface area contributed by atoms with Crippen LogP contribution in [-0.4, -0.2) is 81.8 Å². The molecule has 27 heavy (non-hydrogen) atoms. The van der Waals surface area contributed by atoms with Gasteiger partial charge in [0, 0.05) is 65.1 Å². The lowest BCUT2D eigenvalue weighted by Crippen LogP contribution is -2.46. The van der Waals surface area contributed by atoms with Gasteiger partial charge in [-0.2, -0.15) is 0 Å². The van der Waals surface area contributed by atoms with E-state index in [9.17, 15) is 0 Å². The van der Waals surface area contributed by atoms with Gasteiger partial charge in [-0.15, -0.1) is 0 Å². The maximum atomic E-state index is 5.49. The van der Waals surface area contributed by atoms with Gasteiger partial charge in [-0.3, -0.25) is 9.89 Å². The van der Waals surface area contributed by atoms with Crippen LogP contribution in [0.2, 0.25) is 0 Å². The SMILES string of the molecule is CN=C(NCc1ccc2c(c1)CCCN2C)N1CCC(N2CCOCC2)C1. The molecule has 1 aromatic rings. The molecule has 1 aromatic carbocycles. The Labute approximate surface area is 163 Å². The van der Waals surface area contributed by atoms with Crippen molar-refractivity contribution in [3.8, 4) is 0 Å². The van der Waals surface area contributed by atoms with Crippen molar-refractivity contribution in [2.75, 3.05) is 64.9 Å². The predicted molar refractivity (Wildman–Crippen MR) is 111 cm³/mol. The third-order valence-corrected chi connectivity index (χ3v) is 6.18. The maximum absolute atomic E-state index is 5.49. The summed E-state index contributed by atoms with van der Waals surface area (Å²) in [6.07, 6.45) is 3.65. The molecule has 1 unspecified atom stereocenters. The fourth-order valence-corrected chi connectivity index (χ4v) is 4.64. The van der Waals surface area contributed by atoms with E-state index in [2.05, 4.69) is 50.3 Å². The van der Waals surface area contributed by atoms with Crippen molar-refractivity contribution < 1.29 is 4.74 Å². The van der Waals surface area contributed by atoms with Gasteiger partial charge in [-0.1, -0.05) is 12.1 Å². The van der Waals surface area contributed by atoms with Crippen molar-refractivity contribution in [1.29, 1.82) is 0 Å². The van der Waals surface area contributed by atoms with Gasteiger partial charge in [0.25, 0.3) is 0 Å². The highest BCUT2D eigenvalue weighted by Crippen LogP contribution is 2.26. The highest BCUT2D eigenvalue weighted by atomic mass is 16.5. The Morgan fingerprint density at radius 3 is 2.89 bits per heavy atom. The number of benzene rings is 1. The van der Waals surface area contributed by atoms with Crippen molar-refractivity contribution >= 4 is 11.6 Å². The number of likely N-dealkylation sites (tertiary alicyclic amines) is 1. The number of rotatable bonds is 3. The zero-order chi connectivity index (χ0) is 18.6. The minimum absolute atomic E-state index is 0.631. The van der Waals surface area contributed by atoms with Crippen LogP contribution in [0.15, 0.2) is 23.2 Å². The fourth-order valence-electron chi connectivity index (χ4n) is 4.64. The first-order valence-electron chi connectivity index (χ1n) is 10.3. The lowest BCUT2D eigenvalue weighted by molar-refractivity contribution is 0.0195. The number of morpholine rings is 1. The summed E-state index contributed by atoms with van der Waals surface area (Å²) in [7, 11) is 4.09. The number of hydrogen-bond acceptors (Lipinski definition) is 4. The average molecular weight is 372 g/mol. The number of aliphatic imine (C=N–C) groups is 1. The monoisotopic (exact) mass is 371 g/mol. The van der Waals surface area contributed by atoms with Crippen LogP contribution in [0.1, 0.15) is 24.0 Å². The molecule has 148 valence electrons. The molecule has 0 bridgehead atoms. The molecule has 2 fully saturated rings. The van der Waals surface area contributed by atoms with E-state index in [1.54, 1.807) is 0 Å². The molecule has 4 rings (SSSR count). The Morgan fingerprint density at radius 2 is 2.07 bits per heavy atom. The van der Waals surface area contributed by atoms with E-state index in [0.29, 0.717) is 6.04 Å². The molecule has 3 heterocycles. The van der Waals surface area contributed by atoms with Gasteiger partial charge < -0.3 is 19.9 Å². The summed E-state index contributed by atoms with van der Waals surface area (Å²) in [4.78, 5) is 11.9. The number of aryl methyl sites for hydroxylation is 1. The number of nitrogens with zero attached hydrogens (tertiary/aromatic N) is 4. The van der Waals surface area contributed by atoms with Crippen LogP contribution in [0, 0.1) is 0 Å². The van der Waals surface area contributed by atoms with Gasteiger partial charge in [0.05, 0.1) is 13.2 Å². The minimum atomic E-state index is 0.631. The topological polar surface area (TPSA) is 43.3 Å². The van der Waals surface area contributed by atoms with Crippen molar-refractivity contribution in [3.05, 3.63) is 29.3 Å². The number of hydrogen-bond donors (Lipinski definition) is 1. The van der Waals surface area contributed by atoms with E-state index in [0.717, 1.165) is 58.4 Å². The van der Waals surface area contributed by atoms with E-state index in [4.69, 9.17) is 4.74 Å². The maximum Gasteiger partial charge on any atom is 0.193 e. The molecule has 1 N–H and O–H groups in total. The number of anilines is 1. The first kappa shape index (κ1) is 18.6. The van der Waals surface area contributed by atoms with E-state index in [1.165, 1.54) is 36.1 Å². The molecule has 0 aromatic heterocycles. The van der Waals surface area contributed by atoms with E-state index < -0.39 is 0 Å². The molecular weight excluding hydrogens is 338 g/mol. The van der Waals surface area contributed by atoms with Crippen molar-refractivity contribution in [3.63, 3.8) is 0 Å². The van der Waals surface area contributed by atoms with E-state index in [-0.39, 0.29) is 0 Å². The summed E-state index contributed by atoms with van der Waals surface area (Å²) in [6, 6.07) is 7.53. The third kappa shape index (κ3) is 4.22. The molecule has 0 radical (unpaired) electrons. The highest BCUT2D eigenvalue weighted by Gasteiger charge is 2.30. The average Bonchev–Trinajstić information content (AvgIpc) is 3.19. The molecule has 2 saturated heterocycles.